The molecule has 3 N–H and O–H groups in total. The molecule has 70 valence electrons. The van der Waals surface area contributed by atoms with E-state index in [-0.39, 0.29) is 5.56 Å². The number of nitrogen functional groups attached to an aromatic ring is 1. The lowest BCUT2D eigenvalue weighted by Gasteiger charge is -2.06. The van der Waals surface area contributed by atoms with E-state index in [2.05, 4.69) is 0 Å². The number of thioether (sulfide) groups is 1. The molecular formula is C9H11NO2S. The normalized spacial score (nSPS) is 9.92. The zero-order valence-corrected chi connectivity index (χ0v) is 8.10. The van der Waals surface area contributed by atoms with Crippen LogP contribution in [0.25, 0.3) is 0 Å². The number of carboxylic acid groups (broad SMARTS) is 1. The van der Waals surface area contributed by atoms with Gasteiger partial charge in [0.25, 0.3) is 0 Å². The highest BCUT2D eigenvalue weighted by atomic mass is 32.2. The van der Waals surface area contributed by atoms with Crippen molar-refractivity contribution in [3.63, 3.8) is 0 Å². The molecule has 0 bridgehead atoms. The topological polar surface area (TPSA) is 63.3 Å². The maximum absolute atomic E-state index is 10.8. The molecule has 0 fully saturated rings. The molecule has 1 rings (SSSR count). The lowest BCUT2D eigenvalue weighted by Crippen LogP contribution is -2.04. The zero-order chi connectivity index (χ0) is 9.84. The average molecular weight is 197 g/mol. The minimum atomic E-state index is -0.964. The Kier molecular flexibility index (Phi) is 3.19. The molecule has 0 aliphatic rings. The Bertz CT molecular complexity index is 325. The van der Waals surface area contributed by atoms with E-state index < -0.39 is 5.97 Å². The highest BCUT2D eigenvalue weighted by Crippen LogP contribution is 2.26. The molecule has 0 aliphatic carbocycles. The molecule has 0 radical (unpaired) electrons. The van der Waals surface area contributed by atoms with Gasteiger partial charge in [-0.1, -0.05) is 13.0 Å². The SMILES string of the molecule is CCSc1cccc(N)c1C(=O)O. The van der Waals surface area contributed by atoms with E-state index >= 15 is 0 Å². The third-order valence-electron chi connectivity index (χ3n) is 1.57. The van der Waals surface area contributed by atoms with Gasteiger partial charge in [0.2, 0.25) is 0 Å². The van der Waals surface area contributed by atoms with Crippen molar-refractivity contribution in [3.05, 3.63) is 23.8 Å². The molecule has 0 amide bonds. The second-order valence-corrected chi connectivity index (χ2v) is 3.76. The van der Waals surface area contributed by atoms with E-state index in [9.17, 15) is 4.79 Å². The number of carbonyl (C=O) groups is 1. The van der Waals surface area contributed by atoms with Crippen molar-refractivity contribution in [2.75, 3.05) is 11.5 Å². The summed E-state index contributed by atoms with van der Waals surface area (Å²) in [5.41, 5.74) is 6.10. The molecule has 4 heteroatoms. The summed E-state index contributed by atoms with van der Waals surface area (Å²) in [6.45, 7) is 1.97. The van der Waals surface area contributed by atoms with E-state index in [1.165, 1.54) is 11.8 Å². The number of hydrogen-bond acceptors (Lipinski definition) is 3. The Morgan fingerprint density at radius 1 is 1.62 bits per heavy atom. The molecule has 1 aromatic rings. The first-order valence-corrected chi connectivity index (χ1v) is 4.90. The van der Waals surface area contributed by atoms with Gasteiger partial charge in [-0.3, -0.25) is 0 Å². The first-order valence-electron chi connectivity index (χ1n) is 3.91. The van der Waals surface area contributed by atoms with Crippen LogP contribution in [-0.2, 0) is 0 Å². The molecule has 0 saturated carbocycles. The first-order chi connectivity index (χ1) is 6.16. The Morgan fingerprint density at radius 2 is 2.31 bits per heavy atom. The smallest absolute Gasteiger partial charge is 0.338 e. The highest BCUT2D eigenvalue weighted by Gasteiger charge is 2.12. The van der Waals surface area contributed by atoms with Crippen LogP contribution in [0.15, 0.2) is 23.1 Å². The Labute approximate surface area is 80.9 Å². The van der Waals surface area contributed by atoms with E-state index in [1.807, 2.05) is 6.92 Å². The zero-order valence-electron chi connectivity index (χ0n) is 7.28. The van der Waals surface area contributed by atoms with Crippen molar-refractivity contribution >= 4 is 23.4 Å². The van der Waals surface area contributed by atoms with Crippen LogP contribution in [0.5, 0.6) is 0 Å². The molecule has 0 heterocycles. The number of anilines is 1. The summed E-state index contributed by atoms with van der Waals surface area (Å²) in [6, 6.07) is 5.14. The van der Waals surface area contributed by atoms with Gasteiger partial charge in [-0.25, -0.2) is 4.79 Å². The van der Waals surface area contributed by atoms with Crippen LogP contribution >= 0.6 is 11.8 Å². The lowest BCUT2D eigenvalue weighted by atomic mass is 10.2. The molecule has 0 spiro atoms. The number of nitrogens with two attached hydrogens (primary N) is 1. The van der Waals surface area contributed by atoms with Crippen LogP contribution in [0, 0.1) is 0 Å². The van der Waals surface area contributed by atoms with E-state index in [0.717, 1.165) is 10.6 Å². The summed E-state index contributed by atoms with van der Waals surface area (Å²) >= 11 is 1.48. The minimum Gasteiger partial charge on any atom is -0.478 e. The van der Waals surface area contributed by atoms with Gasteiger partial charge in [-0.05, 0) is 17.9 Å². The molecular weight excluding hydrogens is 186 g/mol. The predicted molar refractivity (Wildman–Crippen MR) is 54.2 cm³/mol. The van der Waals surface area contributed by atoms with Crippen molar-refractivity contribution < 1.29 is 9.90 Å². The first kappa shape index (κ1) is 9.92. The number of aromatic carboxylic acids is 1. The predicted octanol–water partition coefficient (Wildman–Crippen LogP) is 2.08. The monoisotopic (exact) mass is 197 g/mol. The maximum Gasteiger partial charge on any atom is 0.338 e. The lowest BCUT2D eigenvalue weighted by molar-refractivity contribution is 0.0694. The van der Waals surface area contributed by atoms with Gasteiger partial charge < -0.3 is 10.8 Å². The minimum absolute atomic E-state index is 0.217. The summed E-state index contributed by atoms with van der Waals surface area (Å²) in [7, 11) is 0. The average Bonchev–Trinajstić information content (AvgIpc) is 2.04. The maximum atomic E-state index is 10.8. The van der Waals surface area contributed by atoms with Crippen molar-refractivity contribution in [2.45, 2.75) is 11.8 Å². The Balaban J connectivity index is 3.17. The fourth-order valence-electron chi connectivity index (χ4n) is 1.05. The second kappa shape index (κ2) is 4.18. The van der Waals surface area contributed by atoms with E-state index in [1.54, 1.807) is 18.2 Å². The van der Waals surface area contributed by atoms with Crippen molar-refractivity contribution in [1.82, 2.24) is 0 Å². The second-order valence-electron chi connectivity index (χ2n) is 2.46. The summed E-state index contributed by atoms with van der Waals surface area (Å²) in [4.78, 5) is 11.6. The number of hydrogen-bond donors (Lipinski definition) is 2. The molecule has 0 saturated heterocycles. The van der Waals surface area contributed by atoms with Gasteiger partial charge in [0.15, 0.2) is 0 Å². The van der Waals surface area contributed by atoms with Crippen LogP contribution < -0.4 is 5.73 Å². The number of rotatable bonds is 3. The van der Waals surface area contributed by atoms with Gasteiger partial charge in [0.05, 0.1) is 5.56 Å². The van der Waals surface area contributed by atoms with Crippen LogP contribution in [0.3, 0.4) is 0 Å². The standard InChI is InChI=1S/C9H11NO2S/c1-2-13-7-5-3-4-6(10)8(7)9(11)12/h3-5H,2,10H2,1H3,(H,11,12). The summed E-state index contributed by atoms with van der Waals surface area (Å²) in [5.74, 6) is -0.127. The third-order valence-corrected chi connectivity index (χ3v) is 2.51. The largest absolute Gasteiger partial charge is 0.478 e. The highest BCUT2D eigenvalue weighted by molar-refractivity contribution is 7.99. The molecule has 0 unspecified atom stereocenters. The van der Waals surface area contributed by atoms with Gasteiger partial charge in [-0.15, -0.1) is 11.8 Å². The van der Waals surface area contributed by atoms with Crippen LogP contribution in [0.4, 0.5) is 5.69 Å². The van der Waals surface area contributed by atoms with Crippen LogP contribution in [-0.4, -0.2) is 16.8 Å². The van der Waals surface area contributed by atoms with Gasteiger partial charge in [0.1, 0.15) is 0 Å². The molecule has 13 heavy (non-hydrogen) atoms. The van der Waals surface area contributed by atoms with Gasteiger partial charge in [-0.2, -0.15) is 0 Å². The summed E-state index contributed by atoms with van der Waals surface area (Å²) in [5, 5.41) is 8.88. The quantitative estimate of drug-likeness (QED) is 0.575. The molecule has 0 aromatic heterocycles. The van der Waals surface area contributed by atoms with E-state index in [0.29, 0.717) is 5.69 Å². The Hall–Kier alpha value is -1.16. The van der Waals surface area contributed by atoms with Gasteiger partial charge in [0, 0.05) is 10.6 Å². The van der Waals surface area contributed by atoms with Crippen molar-refractivity contribution in [1.29, 1.82) is 0 Å². The summed E-state index contributed by atoms with van der Waals surface area (Å²) < 4.78 is 0. The summed E-state index contributed by atoms with van der Waals surface area (Å²) in [6.07, 6.45) is 0. The number of carboxylic acids is 1. The Morgan fingerprint density at radius 3 is 2.85 bits per heavy atom. The van der Waals surface area contributed by atoms with Crippen molar-refractivity contribution in [3.8, 4) is 0 Å². The van der Waals surface area contributed by atoms with Gasteiger partial charge >= 0.3 is 5.97 Å². The fraction of sp³-hybridized carbons (Fsp3) is 0.222. The van der Waals surface area contributed by atoms with Crippen molar-refractivity contribution in [2.24, 2.45) is 0 Å². The molecule has 1 aromatic carbocycles. The molecule has 3 nitrogen and oxygen atoms in total. The molecule has 0 atom stereocenters. The molecule has 0 aliphatic heterocycles. The fourth-order valence-corrected chi connectivity index (χ4v) is 1.89. The van der Waals surface area contributed by atoms with Crippen LogP contribution in [0.2, 0.25) is 0 Å². The van der Waals surface area contributed by atoms with Crippen LogP contribution in [0.1, 0.15) is 17.3 Å². The van der Waals surface area contributed by atoms with E-state index in [4.69, 9.17) is 10.8 Å². The number of benzene rings is 1. The third kappa shape index (κ3) is 2.15.